The van der Waals surface area contributed by atoms with E-state index in [-0.39, 0.29) is 11.5 Å². The molecule has 0 N–H and O–H groups in total. The van der Waals surface area contributed by atoms with Gasteiger partial charge in [0.1, 0.15) is 11.4 Å². The molecule has 2 heterocycles. The normalized spacial score (nSPS) is 11.3. The fourth-order valence-electron chi connectivity index (χ4n) is 3.28. The van der Waals surface area contributed by atoms with E-state index >= 15 is 0 Å². The van der Waals surface area contributed by atoms with E-state index in [1.807, 2.05) is 72.8 Å². The van der Waals surface area contributed by atoms with Gasteiger partial charge in [0.05, 0.1) is 0 Å². The summed E-state index contributed by atoms with van der Waals surface area (Å²) in [4.78, 5) is 17.8. The highest BCUT2D eigenvalue weighted by atomic mass is 35.5. The van der Waals surface area contributed by atoms with E-state index in [0.29, 0.717) is 16.4 Å². The average Bonchev–Trinajstić information content (AvgIpc) is 2.85. The van der Waals surface area contributed by atoms with E-state index in [9.17, 15) is 4.79 Å². The third-order valence-corrected chi connectivity index (χ3v) is 5.13. The Balaban J connectivity index is 1.67. The molecule has 0 saturated heterocycles. The SMILES string of the molecule is O=c1c(/C=C/c2ccc(Cl)cc2)nnc2nc(-c3ccccc3)c(-c3ccccc3)nn12. The molecule has 0 bridgehead atoms. The quantitative estimate of drug-likeness (QED) is 0.394. The predicted octanol–water partition coefficient (Wildman–Crippen LogP) is 5.04. The number of aromatic nitrogens is 5. The summed E-state index contributed by atoms with van der Waals surface area (Å²) in [7, 11) is 0. The van der Waals surface area contributed by atoms with Gasteiger partial charge in [-0.1, -0.05) is 90.5 Å². The molecule has 7 heteroatoms. The Bertz CT molecular complexity index is 1480. The van der Waals surface area contributed by atoms with E-state index in [0.717, 1.165) is 16.7 Å². The van der Waals surface area contributed by atoms with Crippen molar-refractivity contribution in [2.45, 2.75) is 0 Å². The minimum Gasteiger partial charge on any atom is -0.265 e. The molecule has 0 unspecified atom stereocenters. The highest BCUT2D eigenvalue weighted by Crippen LogP contribution is 2.28. The molecular weight excluding hydrogens is 422 g/mol. The van der Waals surface area contributed by atoms with Gasteiger partial charge in [-0.05, 0) is 23.8 Å². The van der Waals surface area contributed by atoms with Crippen LogP contribution in [0.15, 0.2) is 89.7 Å². The van der Waals surface area contributed by atoms with Crippen molar-refractivity contribution in [1.29, 1.82) is 0 Å². The zero-order chi connectivity index (χ0) is 21.9. The molecule has 0 amide bonds. The molecule has 5 aromatic rings. The molecule has 3 aromatic carbocycles. The first kappa shape index (κ1) is 19.8. The van der Waals surface area contributed by atoms with E-state index < -0.39 is 5.56 Å². The third-order valence-electron chi connectivity index (χ3n) is 4.88. The number of hydrogen-bond acceptors (Lipinski definition) is 5. The molecular formula is C25H16ClN5O. The van der Waals surface area contributed by atoms with Gasteiger partial charge in [0.25, 0.3) is 5.78 Å². The Hall–Kier alpha value is -4.16. The Kier molecular flexibility index (Phi) is 5.27. The Morgan fingerprint density at radius 1 is 0.719 bits per heavy atom. The first-order valence-electron chi connectivity index (χ1n) is 9.91. The van der Waals surface area contributed by atoms with Crippen LogP contribution < -0.4 is 5.56 Å². The molecule has 0 saturated carbocycles. The van der Waals surface area contributed by atoms with Crippen molar-refractivity contribution in [3.63, 3.8) is 0 Å². The lowest BCUT2D eigenvalue weighted by atomic mass is 10.0. The molecule has 0 atom stereocenters. The molecule has 0 radical (unpaired) electrons. The zero-order valence-electron chi connectivity index (χ0n) is 16.8. The number of benzene rings is 3. The van der Waals surface area contributed by atoms with Crippen molar-refractivity contribution < 1.29 is 0 Å². The number of nitrogens with zero attached hydrogens (tertiary/aromatic N) is 5. The predicted molar refractivity (Wildman–Crippen MR) is 126 cm³/mol. The summed E-state index contributed by atoms with van der Waals surface area (Å²) in [6.07, 6.45) is 3.39. The van der Waals surface area contributed by atoms with Crippen LogP contribution in [0.4, 0.5) is 0 Å². The van der Waals surface area contributed by atoms with Gasteiger partial charge >= 0.3 is 5.56 Å². The van der Waals surface area contributed by atoms with E-state index in [4.69, 9.17) is 11.6 Å². The second-order valence-electron chi connectivity index (χ2n) is 7.03. The van der Waals surface area contributed by atoms with Gasteiger partial charge in [0.15, 0.2) is 5.69 Å². The van der Waals surface area contributed by atoms with Crippen LogP contribution in [0, 0.1) is 0 Å². The second kappa shape index (κ2) is 8.53. The van der Waals surface area contributed by atoms with Gasteiger partial charge in [-0.3, -0.25) is 4.79 Å². The lowest BCUT2D eigenvalue weighted by Crippen LogP contribution is -2.23. The standard InChI is InChI=1S/C25H16ClN5O/c26-20-14-11-17(12-15-20)13-16-21-24(32)31-25(29-28-21)27-22(18-7-3-1-4-8-18)23(30-31)19-9-5-2-6-10-19/h1-16H/b16-13+. The molecule has 5 rings (SSSR count). The van der Waals surface area contributed by atoms with Crippen molar-refractivity contribution in [1.82, 2.24) is 24.8 Å². The summed E-state index contributed by atoms with van der Waals surface area (Å²) in [5.41, 5.74) is 3.60. The Morgan fingerprint density at radius 3 is 2.00 bits per heavy atom. The smallest absolute Gasteiger partial charge is 0.265 e. The van der Waals surface area contributed by atoms with Gasteiger partial charge in [-0.15, -0.1) is 10.2 Å². The Morgan fingerprint density at radius 2 is 1.34 bits per heavy atom. The van der Waals surface area contributed by atoms with Crippen molar-refractivity contribution in [2.75, 3.05) is 0 Å². The molecule has 0 aliphatic rings. The molecule has 0 fully saturated rings. The van der Waals surface area contributed by atoms with Crippen LogP contribution in [0.25, 0.3) is 40.4 Å². The molecule has 2 aromatic heterocycles. The second-order valence-corrected chi connectivity index (χ2v) is 7.46. The Labute approximate surface area is 188 Å². The lowest BCUT2D eigenvalue weighted by molar-refractivity contribution is 0.798. The summed E-state index contributed by atoms with van der Waals surface area (Å²) < 4.78 is 1.20. The summed E-state index contributed by atoms with van der Waals surface area (Å²) in [6, 6.07) is 26.6. The molecule has 154 valence electrons. The average molecular weight is 438 g/mol. The zero-order valence-corrected chi connectivity index (χ0v) is 17.5. The van der Waals surface area contributed by atoms with Crippen LogP contribution >= 0.6 is 11.6 Å². The largest absolute Gasteiger partial charge is 0.301 e. The van der Waals surface area contributed by atoms with Crippen LogP contribution in [-0.4, -0.2) is 24.8 Å². The fourth-order valence-corrected chi connectivity index (χ4v) is 3.41. The van der Waals surface area contributed by atoms with Gasteiger partial charge in [0, 0.05) is 16.1 Å². The maximum Gasteiger partial charge on any atom is 0.301 e. The van der Waals surface area contributed by atoms with Gasteiger partial charge in [-0.25, -0.2) is 4.98 Å². The molecule has 6 nitrogen and oxygen atoms in total. The van der Waals surface area contributed by atoms with E-state index in [1.54, 1.807) is 24.3 Å². The monoisotopic (exact) mass is 437 g/mol. The summed E-state index contributed by atoms with van der Waals surface area (Å²) in [6.45, 7) is 0. The van der Waals surface area contributed by atoms with Crippen LogP contribution in [-0.2, 0) is 0 Å². The summed E-state index contributed by atoms with van der Waals surface area (Å²) >= 11 is 5.93. The van der Waals surface area contributed by atoms with Crippen molar-refractivity contribution in [3.05, 3.63) is 112 Å². The fraction of sp³-hybridized carbons (Fsp3) is 0. The molecule has 0 spiro atoms. The van der Waals surface area contributed by atoms with E-state index in [2.05, 4.69) is 20.3 Å². The van der Waals surface area contributed by atoms with Crippen LogP contribution in [0.2, 0.25) is 5.02 Å². The van der Waals surface area contributed by atoms with Crippen LogP contribution in [0.5, 0.6) is 0 Å². The topological polar surface area (TPSA) is 73.0 Å². The summed E-state index contributed by atoms with van der Waals surface area (Å²) in [5.74, 6) is 0.136. The van der Waals surface area contributed by atoms with Crippen molar-refractivity contribution in [3.8, 4) is 22.5 Å². The van der Waals surface area contributed by atoms with E-state index in [1.165, 1.54) is 4.52 Å². The van der Waals surface area contributed by atoms with Crippen LogP contribution in [0.3, 0.4) is 0 Å². The van der Waals surface area contributed by atoms with Gasteiger partial charge in [-0.2, -0.15) is 9.61 Å². The minimum atomic E-state index is -0.399. The van der Waals surface area contributed by atoms with Gasteiger partial charge in [0.2, 0.25) is 0 Å². The lowest BCUT2D eigenvalue weighted by Gasteiger charge is -2.10. The third kappa shape index (κ3) is 3.91. The van der Waals surface area contributed by atoms with Crippen molar-refractivity contribution in [2.24, 2.45) is 0 Å². The maximum absolute atomic E-state index is 13.1. The minimum absolute atomic E-state index is 0.136. The number of fused-ring (bicyclic) bond motifs is 1. The number of rotatable bonds is 4. The highest BCUT2D eigenvalue weighted by Gasteiger charge is 2.16. The molecule has 0 aliphatic heterocycles. The van der Waals surface area contributed by atoms with Crippen molar-refractivity contribution >= 4 is 29.5 Å². The first-order chi connectivity index (χ1) is 15.7. The molecule has 0 aliphatic carbocycles. The van der Waals surface area contributed by atoms with Gasteiger partial charge < -0.3 is 0 Å². The molecule has 32 heavy (non-hydrogen) atoms. The number of halogens is 1. The number of hydrogen-bond donors (Lipinski definition) is 0. The highest BCUT2D eigenvalue weighted by molar-refractivity contribution is 6.30. The van der Waals surface area contributed by atoms with Crippen LogP contribution in [0.1, 0.15) is 11.3 Å². The maximum atomic E-state index is 13.1. The first-order valence-corrected chi connectivity index (χ1v) is 10.3. The summed E-state index contributed by atoms with van der Waals surface area (Å²) in [5, 5.41) is 13.5.